The van der Waals surface area contributed by atoms with E-state index in [0.29, 0.717) is 5.82 Å². The molecule has 0 aliphatic heterocycles. The van der Waals surface area contributed by atoms with Crippen molar-refractivity contribution in [1.82, 2.24) is 4.98 Å². The second kappa shape index (κ2) is 4.88. The number of benzene rings is 2. The second-order valence-electron chi connectivity index (χ2n) is 6.44. The Morgan fingerprint density at radius 3 is 2.24 bits per heavy atom. The van der Waals surface area contributed by atoms with E-state index in [0.717, 1.165) is 22.0 Å². The summed E-state index contributed by atoms with van der Waals surface area (Å²) in [5.41, 5.74) is 9.48. The topological polar surface area (TPSA) is 38.9 Å². The Morgan fingerprint density at radius 1 is 0.905 bits per heavy atom. The smallest absolute Gasteiger partial charge is 0.124 e. The summed E-state index contributed by atoms with van der Waals surface area (Å²) >= 11 is 0. The highest BCUT2D eigenvalue weighted by Gasteiger charge is 2.14. The van der Waals surface area contributed by atoms with Crippen LogP contribution in [0.25, 0.3) is 22.0 Å². The van der Waals surface area contributed by atoms with Gasteiger partial charge in [0.1, 0.15) is 5.82 Å². The number of hydrogen-bond acceptors (Lipinski definition) is 2. The number of fused-ring (bicyclic) bond motifs is 1. The Morgan fingerprint density at radius 2 is 1.57 bits per heavy atom. The predicted molar refractivity (Wildman–Crippen MR) is 90.3 cm³/mol. The third-order valence-corrected chi connectivity index (χ3v) is 3.78. The number of pyridine rings is 1. The molecular formula is C19H20N2. The van der Waals surface area contributed by atoms with Crippen LogP contribution in [0.1, 0.15) is 26.3 Å². The molecule has 2 N–H and O–H groups in total. The zero-order valence-electron chi connectivity index (χ0n) is 12.7. The fourth-order valence-corrected chi connectivity index (χ4v) is 2.57. The van der Waals surface area contributed by atoms with Crippen molar-refractivity contribution < 1.29 is 0 Å². The summed E-state index contributed by atoms with van der Waals surface area (Å²) in [6, 6.07) is 18.8. The highest BCUT2D eigenvalue weighted by Crippen LogP contribution is 2.30. The molecule has 106 valence electrons. The first kappa shape index (κ1) is 13.6. The van der Waals surface area contributed by atoms with Crippen molar-refractivity contribution in [2.24, 2.45) is 0 Å². The van der Waals surface area contributed by atoms with E-state index >= 15 is 0 Å². The van der Waals surface area contributed by atoms with E-state index in [1.807, 2.05) is 18.2 Å². The van der Waals surface area contributed by atoms with Crippen LogP contribution in [0, 0.1) is 0 Å². The van der Waals surface area contributed by atoms with Gasteiger partial charge in [0.05, 0.1) is 5.69 Å². The van der Waals surface area contributed by atoms with Crippen molar-refractivity contribution in [3.63, 3.8) is 0 Å². The number of nitrogen functional groups attached to an aromatic ring is 1. The fourth-order valence-electron chi connectivity index (χ4n) is 2.57. The van der Waals surface area contributed by atoms with Gasteiger partial charge in [-0.15, -0.1) is 0 Å². The molecule has 2 nitrogen and oxygen atoms in total. The molecule has 2 heteroatoms. The van der Waals surface area contributed by atoms with Gasteiger partial charge in [0, 0.05) is 10.9 Å². The van der Waals surface area contributed by atoms with E-state index in [9.17, 15) is 0 Å². The fraction of sp³-hybridized carbons (Fsp3) is 0.211. The number of nitrogens with two attached hydrogens (primary N) is 1. The minimum absolute atomic E-state index is 0.156. The SMILES string of the molecule is CC(C)(C)c1ccc(-c2nc(N)cc3ccccc23)cc1. The lowest BCUT2D eigenvalue weighted by molar-refractivity contribution is 0.590. The molecule has 3 aromatic rings. The molecule has 3 rings (SSSR count). The molecule has 2 aromatic carbocycles. The van der Waals surface area contributed by atoms with Crippen LogP contribution in [0.2, 0.25) is 0 Å². The van der Waals surface area contributed by atoms with Crippen LogP contribution in [0.4, 0.5) is 5.82 Å². The van der Waals surface area contributed by atoms with Gasteiger partial charge in [-0.1, -0.05) is 69.3 Å². The number of aromatic nitrogens is 1. The maximum atomic E-state index is 5.95. The average molecular weight is 276 g/mol. The first-order chi connectivity index (χ1) is 9.95. The number of nitrogens with zero attached hydrogens (tertiary/aromatic N) is 1. The first-order valence-electron chi connectivity index (χ1n) is 7.21. The molecule has 1 heterocycles. The lowest BCUT2D eigenvalue weighted by Crippen LogP contribution is -2.10. The van der Waals surface area contributed by atoms with Crippen molar-refractivity contribution in [3.8, 4) is 11.3 Å². The molecule has 0 aliphatic carbocycles. The van der Waals surface area contributed by atoms with Crippen molar-refractivity contribution in [2.75, 3.05) is 5.73 Å². The maximum Gasteiger partial charge on any atom is 0.124 e. The van der Waals surface area contributed by atoms with Gasteiger partial charge in [-0.3, -0.25) is 0 Å². The molecule has 0 amide bonds. The van der Waals surface area contributed by atoms with Crippen LogP contribution >= 0.6 is 0 Å². The quantitative estimate of drug-likeness (QED) is 0.694. The number of anilines is 1. The molecular weight excluding hydrogens is 256 g/mol. The summed E-state index contributed by atoms with van der Waals surface area (Å²) in [5.74, 6) is 0.559. The normalized spacial score (nSPS) is 11.8. The molecule has 0 radical (unpaired) electrons. The van der Waals surface area contributed by atoms with E-state index < -0.39 is 0 Å². The first-order valence-corrected chi connectivity index (χ1v) is 7.21. The molecule has 0 aliphatic rings. The Labute approximate surface area is 125 Å². The molecule has 21 heavy (non-hydrogen) atoms. The molecule has 0 bridgehead atoms. The number of rotatable bonds is 1. The van der Waals surface area contributed by atoms with Crippen LogP contribution in [-0.2, 0) is 5.41 Å². The van der Waals surface area contributed by atoms with Crippen LogP contribution in [0.15, 0.2) is 54.6 Å². The third-order valence-electron chi connectivity index (χ3n) is 3.78. The van der Waals surface area contributed by atoms with E-state index in [1.54, 1.807) is 0 Å². The van der Waals surface area contributed by atoms with Gasteiger partial charge < -0.3 is 5.73 Å². The molecule has 0 atom stereocenters. The highest BCUT2D eigenvalue weighted by molar-refractivity contribution is 5.96. The Hall–Kier alpha value is -2.35. The number of hydrogen-bond donors (Lipinski definition) is 1. The van der Waals surface area contributed by atoms with Crippen LogP contribution in [-0.4, -0.2) is 4.98 Å². The molecule has 0 fully saturated rings. The standard InChI is InChI=1S/C19H20N2/c1-19(2,3)15-10-8-13(9-11-15)18-16-7-5-4-6-14(16)12-17(20)21-18/h4-12H,1-3H3,(H2,20,21). The molecule has 0 saturated heterocycles. The van der Waals surface area contributed by atoms with Gasteiger partial charge in [-0.2, -0.15) is 0 Å². The van der Waals surface area contributed by atoms with Gasteiger partial charge in [0.25, 0.3) is 0 Å². The summed E-state index contributed by atoms with van der Waals surface area (Å²) in [6.07, 6.45) is 0. The van der Waals surface area contributed by atoms with Crippen LogP contribution in [0.5, 0.6) is 0 Å². The van der Waals surface area contributed by atoms with Crippen LogP contribution in [0.3, 0.4) is 0 Å². The van der Waals surface area contributed by atoms with E-state index in [-0.39, 0.29) is 5.41 Å². The van der Waals surface area contributed by atoms with Gasteiger partial charge in [-0.25, -0.2) is 4.98 Å². The van der Waals surface area contributed by atoms with Crippen LogP contribution < -0.4 is 5.73 Å². The second-order valence-corrected chi connectivity index (χ2v) is 6.44. The zero-order valence-corrected chi connectivity index (χ0v) is 12.7. The van der Waals surface area contributed by atoms with E-state index in [2.05, 4.69) is 62.2 Å². The largest absolute Gasteiger partial charge is 0.384 e. The average Bonchev–Trinajstić information content (AvgIpc) is 2.45. The van der Waals surface area contributed by atoms with Gasteiger partial charge in [-0.05, 0) is 22.4 Å². The summed E-state index contributed by atoms with van der Waals surface area (Å²) in [5, 5.41) is 2.26. The van der Waals surface area contributed by atoms with Gasteiger partial charge in [0.15, 0.2) is 0 Å². The molecule has 0 unspecified atom stereocenters. The maximum absolute atomic E-state index is 5.95. The summed E-state index contributed by atoms with van der Waals surface area (Å²) in [7, 11) is 0. The minimum atomic E-state index is 0.156. The highest BCUT2D eigenvalue weighted by atomic mass is 14.8. The van der Waals surface area contributed by atoms with Gasteiger partial charge >= 0.3 is 0 Å². The molecule has 1 aromatic heterocycles. The Bertz CT molecular complexity index is 781. The van der Waals surface area contributed by atoms with Crippen molar-refractivity contribution >= 4 is 16.6 Å². The lowest BCUT2D eigenvalue weighted by atomic mass is 9.86. The van der Waals surface area contributed by atoms with Crippen molar-refractivity contribution in [1.29, 1.82) is 0 Å². The van der Waals surface area contributed by atoms with E-state index in [4.69, 9.17) is 5.73 Å². The predicted octanol–water partition coefficient (Wildman–Crippen LogP) is 4.78. The summed E-state index contributed by atoms with van der Waals surface area (Å²) in [6.45, 7) is 6.66. The summed E-state index contributed by atoms with van der Waals surface area (Å²) in [4.78, 5) is 4.54. The Kier molecular flexibility index (Phi) is 3.17. The Balaban J connectivity index is 2.16. The van der Waals surface area contributed by atoms with Crippen molar-refractivity contribution in [2.45, 2.75) is 26.2 Å². The minimum Gasteiger partial charge on any atom is -0.384 e. The van der Waals surface area contributed by atoms with Crippen molar-refractivity contribution in [3.05, 3.63) is 60.2 Å². The lowest BCUT2D eigenvalue weighted by Gasteiger charge is -2.19. The monoisotopic (exact) mass is 276 g/mol. The molecule has 0 spiro atoms. The third kappa shape index (κ3) is 2.62. The summed E-state index contributed by atoms with van der Waals surface area (Å²) < 4.78 is 0. The van der Waals surface area contributed by atoms with E-state index in [1.165, 1.54) is 5.56 Å². The zero-order chi connectivity index (χ0) is 15.0. The van der Waals surface area contributed by atoms with Gasteiger partial charge in [0.2, 0.25) is 0 Å². The molecule has 0 saturated carbocycles.